The minimum atomic E-state index is -0.390. The van der Waals surface area contributed by atoms with Gasteiger partial charge in [0.2, 0.25) is 0 Å². The minimum Gasteiger partial charge on any atom is -0.491 e. The number of methoxy groups -OCH3 is 1. The van der Waals surface area contributed by atoms with Crippen molar-refractivity contribution in [1.82, 2.24) is 9.97 Å². The van der Waals surface area contributed by atoms with Crippen LogP contribution in [0, 0.1) is 0 Å². The lowest BCUT2D eigenvalue weighted by Crippen LogP contribution is -2.14. The van der Waals surface area contributed by atoms with E-state index < -0.39 is 0 Å². The molecule has 7 heteroatoms. The van der Waals surface area contributed by atoms with Crippen molar-refractivity contribution < 1.29 is 14.3 Å². The van der Waals surface area contributed by atoms with Gasteiger partial charge in [0.25, 0.3) is 5.91 Å². The molecule has 0 radical (unpaired) electrons. The number of benzene rings is 1. The molecule has 0 atom stereocenters. The molecule has 0 bridgehead atoms. The molecule has 0 fully saturated rings. The number of hydrogen-bond donors (Lipinski definition) is 1. The maximum Gasteiger partial charge on any atom is 0.275 e. The first-order valence-corrected chi connectivity index (χ1v) is 6.57. The van der Waals surface area contributed by atoms with Crippen LogP contribution in [0.2, 0.25) is 5.15 Å². The van der Waals surface area contributed by atoms with Gasteiger partial charge in [0, 0.05) is 18.9 Å². The second kappa shape index (κ2) is 7.56. The summed E-state index contributed by atoms with van der Waals surface area (Å²) in [5.74, 6) is 0.251. The van der Waals surface area contributed by atoms with Gasteiger partial charge in [-0.2, -0.15) is 0 Å². The summed E-state index contributed by atoms with van der Waals surface area (Å²) in [5.41, 5.74) is 0.741. The van der Waals surface area contributed by atoms with E-state index in [4.69, 9.17) is 21.1 Å². The zero-order chi connectivity index (χ0) is 15.1. The topological polar surface area (TPSA) is 73.3 Å². The first kappa shape index (κ1) is 15.2. The standard InChI is InChI=1S/C14H14ClN3O3/c1-20-5-6-21-11-4-2-3-10(7-11)17-14(19)12-8-16-9-13(15)18-12/h2-4,7-9H,5-6H2,1H3,(H,17,19). The molecule has 0 saturated heterocycles. The van der Waals surface area contributed by atoms with Crippen LogP contribution in [-0.2, 0) is 4.74 Å². The summed E-state index contributed by atoms with van der Waals surface area (Å²) >= 11 is 5.70. The number of amides is 1. The van der Waals surface area contributed by atoms with Gasteiger partial charge < -0.3 is 14.8 Å². The van der Waals surface area contributed by atoms with Crippen molar-refractivity contribution >= 4 is 23.2 Å². The summed E-state index contributed by atoms with van der Waals surface area (Å²) in [5, 5.41) is 2.87. The highest BCUT2D eigenvalue weighted by molar-refractivity contribution is 6.29. The molecule has 0 spiro atoms. The maximum atomic E-state index is 12.0. The zero-order valence-corrected chi connectivity index (χ0v) is 12.1. The van der Waals surface area contributed by atoms with Crippen LogP contribution in [0.4, 0.5) is 5.69 Å². The van der Waals surface area contributed by atoms with Crippen molar-refractivity contribution in [2.75, 3.05) is 25.6 Å². The Labute approximate surface area is 127 Å². The Morgan fingerprint density at radius 1 is 1.33 bits per heavy atom. The molecule has 0 unspecified atom stereocenters. The molecule has 2 aromatic rings. The van der Waals surface area contributed by atoms with Gasteiger partial charge in [0.05, 0.1) is 19.0 Å². The number of carbonyl (C=O) groups is 1. The van der Waals surface area contributed by atoms with Crippen LogP contribution in [0.3, 0.4) is 0 Å². The summed E-state index contributed by atoms with van der Waals surface area (Å²) in [6.45, 7) is 0.933. The molecule has 1 N–H and O–H groups in total. The van der Waals surface area contributed by atoms with Crippen LogP contribution in [0.1, 0.15) is 10.5 Å². The molecular formula is C14H14ClN3O3. The lowest BCUT2D eigenvalue weighted by Gasteiger charge is -2.08. The molecule has 1 aromatic carbocycles. The van der Waals surface area contributed by atoms with Gasteiger partial charge in [-0.05, 0) is 12.1 Å². The fraction of sp³-hybridized carbons (Fsp3) is 0.214. The van der Waals surface area contributed by atoms with E-state index in [1.807, 2.05) is 0 Å². The van der Waals surface area contributed by atoms with Crippen molar-refractivity contribution in [1.29, 1.82) is 0 Å². The molecule has 0 saturated carbocycles. The maximum absolute atomic E-state index is 12.0. The summed E-state index contributed by atoms with van der Waals surface area (Å²) in [7, 11) is 1.60. The molecule has 6 nitrogen and oxygen atoms in total. The third-order valence-electron chi connectivity index (χ3n) is 2.49. The van der Waals surface area contributed by atoms with E-state index in [0.29, 0.717) is 24.7 Å². The third-order valence-corrected chi connectivity index (χ3v) is 2.67. The van der Waals surface area contributed by atoms with Crippen LogP contribution in [0.15, 0.2) is 36.7 Å². The Hall–Kier alpha value is -2.18. The smallest absolute Gasteiger partial charge is 0.275 e. The monoisotopic (exact) mass is 307 g/mol. The molecular weight excluding hydrogens is 294 g/mol. The van der Waals surface area contributed by atoms with Crippen molar-refractivity contribution in [3.8, 4) is 5.75 Å². The second-order valence-electron chi connectivity index (χ2n) is 4.05. The number of anilines is 1. The van der Waals surface area contributed by atoms with Crippen molar-refractivity contribution in [3.05, 3.63) is 47.5 Å². The van der Waals surface area contributed by atoms with Gasteiger partial charge in [0.1, 0.15) is 23.2 Å². The third kappa shape index (κ3) is 4.70. The van der Waals surface area contributed by atoms with E-state index in [1.54, 1.807) is 31.4 Å². The van der Waals surface area contributed by atoms with Gasteiger partial charge in [-0.1, -0.05) is 17.7 Å². The van der Waals surface area contributed by atoms with Crippen LogP contribution in [0.25, 0.3) is 0 Å². The van der Waals surface area contributed by atoms with Gasteiger partial charge in [0.15, 0.2) is 0 Å². The molecule has 1 aromatic heterocycles. The van der Waals surface area contributed by atoms with Crippen molar-refractivity contribution in [2.24, 2.45) is 0 Å². The Bertz CT molecular complexity index is 622. The fourth-order valence-electron chi connectivity index (χ4n) is 1.55. The van der Waals surface area contributed by atoms with Crippen molar-refractivity contribution in [3.63, 3.8) is 0 Å². The van der Waals surface area contributed by atoms with Gasteiger partial charge in [-0.25, -0.2) is 4.98 Å². The van der Waals surface area contributed by atoms with Crippen LogP contribution in [0.5, 0.6) is 5.75 Å². The van der Waals surface area contributed by atoms with E-state index in [1.165, 1.54) is 12.4 Å². The molecule has 0 aliphatic carbocycles. The number of nitrogens with zero attached hydrogens (tertiary/aromatic N) is 2. The summed E-state index contributed by atoms with van der Waals surface area (Å²) in [4.78, 5) is 19.7. The normalized spacial score (nSPS) is 10.2. The van der Waals surface area contributed by atoms with Crippen molar-refractivity contribution in [2.45, 2.75) is 0 Å². The lowest BCUT2D eigenvalue weighted by atomic mass is 10.3. The van der Waals surface area contributed by atoms with Gasteiger partial charge in [-0.3, -0.25) is 9.78 Å². The highest BCUT2D eigenvalue weighted by Gasteiger charge is 2.09. The number of aromatic nitrogens is 2. The molecule has 2 rings (SSSR count). The highest BCUT2D eigenvalue weighted by atomic mass is 35.5. The van der Waals surface area contributed by atoms with Gasteiger partial charge >= 0.3 is 0 Å². The van der Waals surface area contributed by atoms with E-state index >= 15 is 0 Å². The van der Waals surface area contributed by atoms with Crippen LogP contribution in [-0.4, -0.2) is 36.2 Å². The largest absolute Gasteiger partial charge is 0.491 e. The minimum absolute atomic E-state index is 0.146. The molecule has 1 heterocycles. The Morgan fingerprint density at radius 3 is 2.95 bits per heavy atom. The second-order valence-corrected chi connectivity index (χ2v) is 4.44. The van der Waals surface area contributed by atoms with E-state index in [-0.39, 0.29) is 16.8 Å². The average molecular weight is 308 g/mol. The first-order valence-electron chi connectivity index (χ1n) is 6.20. The number of carbonyl (C=O) groups excluding carboxylic acids is 1. The molecule has 0 aliphatic heterocycles. The highest BCUT2D eigenvalue weighted by Crippen LogP contribution is 2.18. The van der Waals surface area contributed by atoms with Crippen LogP contribution < -0.4 is 10.1 Å². The predicted octanol–water partition coefficient (Wildman–Crippen LogP) is 2.41. The number of halogens is 1. The Morgan fingerprint density at radius 2 is 2.19 bits per heavy atom. The Kier molecular flexibility index (Phi) is 5.48. The first-order chi connectivity index (χ1) is 10.2. The van der Waals surface area contributed by atoms with E-state index in [9.17, 15) is 4.79 Å². The summed E-state index contributed by atoms with van der Waals surface area (Å²) < 4.78 is 10.4. The zero-order valence-electron chi connectivity index (χ0n) is 11.4. The van der Waals surface area contributed by atoms with E-state index in [2.05, 4.69) is 15.3 Å². The SMILES string of the molecule is COCCOc1cccc(NC(=O)c2cncc(Cl)n2)c1. The summed E-state index contributed by atoms with van der Waals surface area (Å²) in [6, 6.07) is 7.04. The number of nitrogens with one attached hydrogen (secondary N) is 1. The van der Waals surface area contributed by atoms with E-state index in [0.717, 1.165) is 0 Å². The number of hydrogen-bond acceptors (Lipinski definition) is 5. The van der Waals surface area contributed by atoms with Crippen LogP contribution >= 0.6 is 11.6 Å². The quantitative estimate of drug-likeness (QED) is 0.830. The molecule has 110 valence electrons. The number of rotatable bonds is 6. The molecule has 1 amide bonds. The molecule has 21 heavy (non-hydrogen) atoms. The average Bonchev–Trinajstić information content (AvgIpc) is 2.48. The fourth-order valence-corrected chi connectivity index (χ4v) is 1.70. The molecule has 0 aliphatic rings. The Balaban J connectivity index is 2.02. The summed E-state index contributed by atoms with van der Waals surface area (Å²) in [6.07, 6.45) is 2.71. The number of ether oxygens (including phenoxy) is 2. The van der Waals surface area contributed by atoms with Gasteiger partial charge in [-0.15, -0.1) is 0 Å². The lowest BCUT2D eigenvalue weighted by molar-refractivity contribution is 0.102. The predicted molar refractivity (Wildman–Crippen MR) is 78.8 cm³/mol.